The number of ether oxygens (including phenoxy) is 2. The number of anilines is 2. The second kappa shape index (κ2) is 13.5. The number of benzene rings is 4. The first-order valence-electron chi connectivity index (χ1n) is 14.8. The predicted molar refractivity (Wildman–Crippen MR) is 178 cm³/mol. The molecular formula is C35H32N6O6. The van der Waals surface area contributed by atoms with E-state index in [0.29, 0.717) is 29.1 Å². The molecule has 6 aromatic rings. The minimum absolute atomic E-state index is 0.118. The molecule has 0 fully saturated rings. The number of amides is 2. The van der Waals surface area contributed by atoms with E-state index in [4.69, 9.17) is 13.9 Å². The SMILES string of the molecule is COc1cc(NC(=O)c2cc(=O)c3ccccc3o2)c(C(=O)Nc2ccc(CCNCc3ccc4c(c3)nnn4C)cc2)cc1OC. The molecule has 12 nitrogen and oxygen atoms in total. The van der Waals surface area contributed by atoms with Crippen molar-refractivity contribution in [3.63, 3.8) is 0 Å². The highest BCUT2D eigenvalue weighted by Gasteiger charge is 2.21. The summed E-state index contributed by atoms with van der Waals surface area (Å²) in [4.78, 5) is 39.3. The van der Waals surface area contributed by atoms with Gasteiger partial charge >= 0.3 is 0 Å². The Kier molecular flexibility index (Phi) is 8.93. The van der Waals surface area contributed by atoms with Gasteiger partial charge < -0.3 is 29.8 Å². The van der Waals surface area contributed by atoms with Gasteiger partial charge in [0.15, 0.2) is 22.7 Å². The summed E-state index contributed by atoms with van der Waals surface area (Å²) in [5.41, 5.74) is 4.82. The summed E-state index contributed by atoms with van der Waals surface area (Å²) < 4.78 is 18.2. The smallest absolute Gasteiger partial charge is 0.291 e. The molecule has 0 atom stereocenters. The van der Waals surface area contributed by atoms with E-state index >= 15 is 0 Å². The third-order valence-corrected chi connectivity index (χ3v) is 7.68. The molecule has 238 valence electrons. The van der Waals surface area contributed by atoms with Crippen molar-refractivity contribution in [2.24, 2.45) is 7.05 Å². The lowest BCUT2D eigenvalue weighted by Gasteiger charge is -2.16. The van der Waals surface area contributed by atoms with Crippen LogP contribution in [0.5, 0.6) is 11.5 Å². The average molecular weight is 633 g/mol. The van der Waals surface area contributed by atoms with E-state index in [1.165, 1.54) is 26.4 Å². The van der Waals surface area contributed by atoms with E-state index in [9.17, 15) is 14.4 Å². The zero-order chi connectivity index (χ0) is 32.9. The van der Waals surface area contributed by atoms with Gasteiger partial charge in [-0.25, -0.2) is 4.68 Å². The number of nitrogens with zero attached hydrogens (tertiary/aromatic N) is 3. The molecule has 3 N–H and O–H groups in total. The molecule has 47 heavy (non-hydrogen) atoms. The molecule has 2 amide bonds. The lowest BCUT2D eigenvalue weighted by Crippen LogP contribution is -2.20. The van der Waals surface area contributed by atoms with Gasteiger partial charge in [-0.3, -0.25) is 14.4 Å². The van der Waals surface area contributed by atoms with Gasteiger partial charge in [-0.1, -0.05) is 35.5 Å². The highest BCUT2D eigenvalue weighted by atomic mass is 16.5. The van der Waals surface area contributed by atoms with Crippen molar-refractivity contribution in [3.8, 4) is 11.5 Å². The van der Waals surface area contributed by atoms with Crippen LogP contribution in [-0.2, 0) is 20.0 Å². The number of para-hydroxylation sites is 1. The quantitative estimate of drug-likeness (QED) is 0.169. The number of rotatable bonds is 11. The molecule has 0 saturated carbocycles. The van der Waals surface area contributed by atoms with Crippen LogP contribution in [0.4, 0.5) is 11.4 Å². The molecule has 0 aliphatic heterocycles. The van der Waals surface area contributed by atoms with Crippen LogP contribution >= 0.6 is 0 Å². The standard InChI is InChI=1S/C35H32N6O6/c1-41-28-13-10-22(16-27(28)39-40-41)20-36-15-14-21-8-11-23(12-9-21)37-34(43)25-17-31(45-2)32(46-3)18-26(25)38-35(44)33-19-29(42)24-6-4-5-7-30(24)47-33/h4-13,16-19,36H,14-15,20H2,1-3H3,(H,37,43)(H,38,44). The van der Waals surface area contributed by atoms with E-state index in [-0.39, 0.29) is 28.0 Å². The van der Waals surface area contributed by atoms with E-state index in [0.717, 1.165) is 41.2 Å². The number of methoxy groups -OCH3 is 2. The molecule has 0 spiro atoms. The van der Waals surface area contributed by atoms with Crippen LogP contribution in [0.15, 0.2) is 94.1 Å². The number of hydrogen-bond acceptors (Lipinski definition) is 9. The van der Waals surface area contributed by atoms with E-state index in [1.807, 2.05) is 43.4 Å². The summed E-state index contributed by atoms with van der Waals surface area (Å²) in [6.07, 6.45) is 0.790. The Morgan fingerprint density at radius 3 is 2.38 bits per heavy atom. The lowest BCUT2D eigenvalue weighted by molar-refractivity contribution is 0.0997. The summed E-state index contributed by atoms with van der Waals surface area (Å²) in [6.45, 7) is 1.47. The van der Waals surface area contributed by atoms with E-state index in [2.05, 4.69) is 32.3 Å². The molecule has 0 aliphatic carbocycles. The summed E-state index contributed by atoms with van der Waals surface area (Å²) in [7, 11) is 4.76. The predicted octanol–water partition coefficient (Wildman–Crippen LogP) is 4.93. The monoisotopic (exact) mass is 632 g/mol. The topological polar surface area (TPSA) is 150 Å². The molecule has 6 rings (SSSR count). The fraction of sp³-hybridized carbons (Fsp3) is 0.171. The minimum atomic E-state index is -0.707. The van der Waals surface area contributed by atoms with Gasteiger partial charge in [-0.2, -0.15) is 0 Å². The fourth-order valence-electron chi connectivity index (χ4n) is 5.18. The van der Waals surface area contributed by atoms with Gasteiger partial charge in [0.2, 0.25) is 0 Å². The van der Waals surface area contributed by atoms with Gasteiger partial charge in [0.1, 0.15) is 11.1 Å². The highest BCUT2D eigenvalue weighted by Crippen LogP contribution is 2.34. The van der Waals surface area contributed by atoms with Gasteiger partial charge in [0, 0.05) is 31.4 Å². The van der Waals surface area contributed by atoms with E-state index in [1.54, 1.807) is 28.9 Å². The van der Waals surface area contributed by atoms with Crippen LogP contribution in [0, 0.1) is 0 Å². The Balaban J connectivity index is 1.12. The zero-order valence-electron chi connectivity index (χ0n) is 26.0. The summed E-state index contributed by atoms with van der Waals surface area (Å²) in [5, 5.41) is 17.6. The van der Waals surface area contributed by atoms with Crippen LogP contribution in [0.3, 0.4) is 0 Å². The Morgan fingerprint density at radius 1 is 0.851 bits per heavy atom. The maximum absolute atomic E-state index is 13.5. The van der Waals surface area contributed by atoms with Crippen molar-refractivity contribution in [1.29, 1.82) is 0 Å². The van der Waals surface area contributed by atoms with Crippen molar-refractivity contribution < 1.29 is 23.5 Å². The van der Waals surface area contributed by atoms with E-state index < -0.39 is 11.8 Å². The molecule has 12 heteroatoms. The highest BCUT2D eigenvalue weighted by molar-refractivity contribution is 6.12. The maximum Gasteiger partial charge on any atom is 0.291 e. The molecule has 0 unspecified atom stereocenters. The van der Waals surface area contributed by atoms with Crippen molar-refractivity contribution in [2.45, 2.75) is 13.0 Å². The molecular weight excluding hydrogens is 600 g/mol. The number of hydrogen-bond donors (Lipinski definition) is 3. The normalized spacial score (nSPS) is 11.0. The number of aromatic nitrogens is 3. The van der Waals surface area contributed by atoms with Gasteiger partial charge in [-0.15, -0.1) is 5.10 Å². The molecule has 0 radical (unpaired) electrons. The molecule has 0 aliphatic rings. The Hall–Kier alpha value is -6.01. The summed E-state index contributed by atoms with van der Waals surface area (Å²) in [6, 6.07) is 24.3. The number of carbonyl (C=O) groups is 2. The molecule has 0 bridgehead atoms. The van der Waals surface area contributed by atoms with Crippen LogP contribution in [0.2, 0.25) is 0 Å². The van der Waals surface area contributed by atoms with Crippen molar-refractivity contribution >= 4 is 45.2 Å². The van der Waals surface area contributed by atoms with Crippen molar-refractivity contribution in [2.75, 3.05) is 31.4 Å². The van der Waals surface area contributed by atoms with Gasteiger partial charge in [0.25, 0.3) is 11.8 Å². The Labute approximate surface area is 269 Å². The Morgan fingerprint density at radius 2 is 1.60 bits per heavy atom. The summed E-state index contributed by atoms with van der Waals surface area (Å²) in [5.74, 6) is -0.803. The molecule has 2 heterocycles. The fourth-order valence-corrected chi connectivity index (χ4v) is 5.18. The summed E-state index contributed by atoms with van der Waals surface area (Å²) >= 11 is 0. The number of carbonyl (C=O) groups excluding carboxylic acids is 2. The van der Waals surface area contributed by atoms with Crippen LogP contribution in [0.1, 0.15) is 32.0 Å². The molecule has 2 aromatic heterocycles. The first kappa shape index (κ1) is 31.0. The first-order valence-corrected chi connectivity index (χ1v) is 14.8. The largest absolute Gasteiger partial charge is 0.493 e. The number of nitrogens with one attached hydrogen (secondary N) is 3. The lowest BCUT2D eigenvalue weighted by atomic mass is 10.1. The third-order valence-electron chi connectivity index (χ3n) is 7.68. The minimum Gasteiger partial charge on any atom is -0.493 e. The van der Waals surface area contributed by atoms with Crippen molar-refractivity contribution in [1.82, 2.24) is 20.3 Å². The zero-order valence-corrected chi connectivity index (χ0v) is 26.0. The third kappa shape index (κ3) is 6.82. The number of aryl methyl sites for hydroxylation is 1. The second-order valence-electron chi connectivity index (χ2n) is 10.8. The maximum atomic E-state index is 13.5. The Bertz CT molecular complexity index is 2160. The van der Waals surface area contributed by atoms with Gasteiger partial charge in [0.05, 0.1) is 36.4 Å². The van der Waals surface area contributed by atoms with Crippen LogP contribution in [0.25, 0.3) is 22.0 Å². The first-order chi connectivity index (χ1) is 22.8. The van der Waals surface area contributed by atoms with Crippen molar-refractivity contribution in [3.05, 3.63) is 118 Å². The average Bonchev–Trinajstić information content (AvgIpc) is 3.46. The van der Waals surface area contributed by atoms with Crippen LogP contribution < -0.4 is 30.9 Å². The second-order valence-corrected chi connectivity index (χ2v) is 10.8. The van der Waals surface area contributed by atoms with Crippen LogP contribution in [-0.4, -0.2) is 47.6 Å². The molecule has 4 aromatic carbocycles. The molecule has 0 saturated heterocycles. The number of fused-ring (bicyclic) bond motifs is 2. The van der Waals surface area contributed by atoms with Gasteiger partial charge in [-0.05, 0) is 66.6 Å².